The van der Waals surface area contributed by atoms with Gasteiger partial charge in [-0.15, -0.1) is 0 Å². The Hall–Kier alpha value is -1.73. The highest BCUT2D eigenvalue weighted by molar-refractivity contribution is 7.86. The van der Waals surface area contributed by atoms with Crippen molar-refractivity contribution < 1.29 is 13.8 Å². The minimum absolute atomic E-state index is 0.137. The molecule has 150 valence electrons. The fourth-order valence-corrected chi connectivity index (χ4v) is 3.99. The van der Waals surface area contributed by atoms with E-state index in [1.54, 1.807) is 0 Å². The number of carbonyl (C=O) groups is 2. The first-order valence-corrected chi connectivity index (χ1v) is 11.3. The molecule has 1 heterocycles. The lowest BCUT2D eigenvalue weighted by atomic mass is 10.1. The molecule has 1 aliphatic rings. The van der Waals surface area contributed by atoms with Crippen LogP contribution < -0.4 is 10.6 Å². The Morgan fingerprint density at radius 3 is 2.26 bits per heavy atom. The predicted octanol–water partition coefficient (Wildman–Crippen LogP) is 1.93. The van der Waals surface area contributed by atoms with Crippen LogP contribution in [0.4, 0.5) is 5.69 Å². The van der Waals surface area contributed by atoms with E-state index in [1.807, 2.05) is 24.3 Å². The average Bonchev–Trinajstić information content (AvgIpc) is 2.91. The number of rotatable bonds is 9. The van der Waals surface area contributed by atoms with Crippen LogP contribution in [0, 0.1) is 0 Å². The first kappa shape index (κ1) is 21.6. The van der Waals surface area contributed by atoms with E-state index in [2.05, 4.69) is 22.5 Å². The number of aryl methyl sites for hydroxylation is 1. The van der Waals surface area contributed by atoms with Gasteiger partial charge in [-0.05, 0) is 50.0 Å². The van der Waals surface area contributed by atoms with Crippen molar-refractivity contribution in [1.29, 1.82) is 0 Å². The summed E-state index contributed by atoms with van der Waals surface area (Å²) in [5.41, 5.74) is 1.87. The summed E-state index contributed by atoms with van der Waals surface area (Å²) in [4.78, 5) is 26.3. The summed E-state index contributed by atoms with van der Waals surface area (Å²) in [7, 11) is -1.51. The third kappa shape index (κ3) is 8.67. The number of hydrogen-bond donors (Lipinski definition) is 2. The molecule has 2 amide bonds. The van der Waals surface area contributed by atoms with Crippen LogP contribution in [0.3, 0.4) is 0 Å². The fraction of sp³-hybridized carbons (Fsp3) is 0.600. The van der Waals surface area contributed by atoms with E-state index >= 15 is 0 Å². The van der Waals surface area contributed by atoms with Crippen LogP contribution in [0.5, 0.6) is 0 Å². The van der Waals surface area contributed by atoms with Crippen molar-refractivity contribution in [2.24, 2.45) is 0 Å². The Bertz CT molecular complexity index is 626. The zero-order valence-electron chi connectivity index (χ0n) is 16.2. The second-order valence-corrected chi connectivity index (χ2v) is 8.39. The van der Waals surface area contributed by atoms with Crippen molar-refractivity contribution in [3.63, 3.8) is 0 Å². The zero-order chi connectivity index (χ0) is 19.5. The molecule has 2 rings (SSSR count). The fourth-order valence-electron chi connectivity index (χ4n) is 3.13. The number of nitrogens with one attached hydrogen (secondary N) is 2. The minimum Gasteiger partial charge on any atom is -0.354 e. The molecule has 0 radical (unpaired) electrons. The Kier molecular flexibility index (Phi) is 9.48. The van der Waals surface area contributed by atoms with E-state index in [0.717, 1.165) is 26.1 Å². The maximum Gasteiger partial charge on any atom is 0.237 e. The molecule has 27 heavy (non-hydrogen) atoms. The molecule has 7 heteroatoms. The van der Waals surface area contributed by atoms with E-state index in [4.69, 9.17) is 0 Å². The van der Waals surface area contributed by atoms with Gasteiger partial charge in [0.1, 0.15) is 11.5 Å². The lowest BCUT2D eigenvalue weighted by Crippen LogP contribution is -2.37. The summed E-state index contributed by atoms with van der Waals surface area (Å²) in [6.07, 6.45) is 5.94. The van der Waals surface area contributed by atoms with Gasteiger partial charge in [0.25, 0.3) is 0 Å². The molecule has 1 aromatic carbocycles. The largest absolute Gasteiger partial charge is 0.354 e. The number of carbonyl (C=O) groups excluding carboxylic acids is 2. The molecule has 1 aliphatic heterocycles. The second kappa shape index (κ2) is 11.9. The van der Waals surface area contributed by atoms with E-state index in [1.165, 1.54) is 31.2 Å². The van der Waals surface area contributed by atoms with Gasteiger partial charge in [0.15, 0.2) is 0 Å². The van der Waals surface area contributed by atoms with Crippen molar-refractivity contribution >= 4 is 28.3 Å². The molecule has 0 bridgehead atoms. The normalized spacial score (nSPS) is 16.3. The Balaban J connectivity index is 1.63. The van der Waals surface area contributed by atoms with Crippen LogP contribution in [0.25, 0.3) is 0 Å². The molecule has 1 fully saturated rings. The van der Waals surface area contributed by atoms with E-state index in [9.17, 15) is 13.8 Å². The molecule has 0 spiro atoms. The van der Waals surface area contributed by atoms with Crippen molar-refractivity contribution in [3.05, 3.63) is 29.8 Å². The number of nitrogens with zero attached hydrogens (tertiary/aromatic N) is 1. The van der Waals surface area contributed by atoms with E-state index < -0.39 is 10.8 Å². The van der Waals surface area contributed by atoms with Crippen molar-refractivity contribution in [2.75, 3.05) is 43.0 Å². The molecular formula is C20H31N3O3S. The number of likely N-dealkylation sites (tertiary alicyclic amines) is 1. The van der Waals surface area contributed by atoms with Crippen molar-refractivity contribution in [2.45, 2.75) is 39.0 Å². The standard InChI is InChI=1S/C20H31N3O3S/c1-2-17-7-9-18(10-8-17)22-20(25)16-27(26)15-19(24)21-11-14-23-12-5-3-4-6-13-23/h7-10H,2-6,11-16H2,1H3,(H,21,24)(H,22,25)/t27-/m0/s1. The summed E-state index contributed by atoms with van der Waals surface area (Å²) in [5, 5.41) is 5.53. The first-order valence-electron chi connectivity index (χ1n) is 9.79. The molecule has 0 saturated carbocycles. The van der Waals surface area contributed by atoms with Gasteiger partial charge in [-0.2, -0.15) is 0 Å². The zero-order valence-corrected chi connectivity index (χ0v) is 17.0. The summed E-state index contributed by atoms with van der Waals surface area (Å²) >= 11 is 0. The molecule has 1 saturated heterocycles. The van der Waals surface area contributed by atoms with Gasteiger partial charge in [0.05, 0.1) is 0 Å². The summed E-state index contributed by atoms with van der Waals surface area (Å²) in [5.74, 6) is -0.907. The Morgan fingerprint density at radius 1 is 1.00 bits per heavy atom. The van der Waals surface area contributed by atoms with Gasteiger partial charge in [-0.1, -0.05) is 31.9 Å². The van der Waals surface area contributed by atoms with Gasteiger partial charge in [0, 0.05) is 29.6 Å². The second-order valence-electron chi connectivity index (χ2n) is 6.93. The number of hydrogen-bond acceptors (Lipinski definition) is 4. The molecule has 1 atom stereocenters. The summed E-state index contributed by atoms with van der Waals surface area (Å²) in [6.45, 7) is 5.62. The third-order valence-electron chi connectivity index (χ3n) is 4.68. The van der Waals surface area contributed by atoms with Crippen LogP contribution in [-0.4, -0.2) is 58.6 Å². The van der Waals surface area contributed by atoms with Gasteiger partial charge in [0.2, 0.25) is 11.8 Å². The molecule has 0 aliphatic carbocycles. The topological polar surface area (TPSA) is 78.5 Å². The van der Waals surface area contributed by atoms with Gasteiger partial charge < -0.3 is 15.5 Å². The maximum atomic E-state index is 12.0. The van der Waals surface area contributed by atoms with Crippen LogP contribution in [0.1, 0.15) is 38.2 Å². The van der Waals surface area contributed by atoms with Crippen LogP contribution in [-0.2, 0) is 26.8 Å². The SMILES string of the molecule is CCc1ccc(NC(=O)C[S@@](=O)CC(=O)NCCN2CCCCCC2)cc1. The average molecular weight is 394 g/mol. The highest BCUT2D eigenvalue weighted by Crippen LogP contribution is 2.10. The highest BCUT2D eigenvalue weighted by Gasteiger charge is 2.13. The lowest BCUT2D eigenvalue weighted by molar-refractivity contribution is -0.118. The molecular weight excluding hydrogens is 362 g/mol. The van der Waals surface area contributed by atoms with Gasteiger partial charge in [-0.25, -0.2) is 0 Å². The monoisotopic (exact) mass is 393 g/mol. The van der Waals surface area contributed by atoms with E-state index in [0.29, 0.717) is 12.2 Å². The molecule has 2 N–H and O–H groups in total. The number of amides is 2. The number of benzene rings is 1. The van der Waals surface area contributed by atoms with Crippen molar-refractivity contribution in [1.82, 2.24) is 10.2 Å². The quantitative estimate of drug-likeness (QED) is 0.672. The molecule has 0 aromatic heterocycles. The first-order chi connectivity index (χ1) is 13.1. The highest BCUT2D eigenvalue weighted by atomic mass is 32.2. The summed E-state index contributed by atoms with van der Waals surface area (Å²) in [6, 6.07) is 7.55. The van der Waals surface area contributed by atoms with Gasteiger partial charge in [-0.3, -0.25) is 13.8 Å². The smallest absolute Gasteiger partial charge is 0.237 e. The third-order valence-corrected chi connectivity index (χ3v) is 5.85. The molecule has 1 aromatic rings. The van der Waals surface area contributed by atoms with Crippen LogP contribution in [0.15, 0.2) is 24.3 Å². The minimum atomic E-state index is -1.51. The Morgan fingerprint density at radius 2 is 1.63 bits per heavy atom. The maximum absolute atomic E-state index is 12.0. The lowest BCUT2D eigenvalue weighted by Gasteiger charge is -2.19. The summed E-state index contributed by atoms with van der Waals surface area (Å²) < 4.78 is 12.0. The molecule has 0 unspecified atom stereocenters. The predicted molar refractivity (Wildman–Crippen MR) is 110 cm³/mol. The van der Waals surface area contributed by atoms with Crippen molar-refractivity contribution in [3.8, 4) is 0 Å². The molecule has 6 nitrogen and oxygen atoms in total. The number of anilines is 1. The Labute approximate surface area is 164 Å². The van der Waals surface area contributed by atoms with Crippen LogP contribution in [0.2, 0.25) is 0 Å². The van der Waals surface area contributed by atoms with E-state index in [-0.39, 0.29) is 23.3 Å². The van der Waals surface area contributed by atoms with Crippen LogP contribution >= 0.6 is 0 Å². The van der Waals surface area contributed by atoms with Gasteiger partial charge >= 0.3 is 0 Å².